The number of hydrogen-bond acceptors (Lipinski definition) is 6. The molecule has 0 spiro atoms. The standard InChI is InChI=1S/C34H35N3O6S/c1-4-36(28-13-9-6-10-14-28)34(39)31(22-25-15-18-29(19-16-25)37(40)41)33(38)35-44(42,43)32-20-17-26(21-24(2)3)23-30(32)27-11-7-5-8-12-27/h5-20,23-24,31H,4,21-22H2,1-3H3,(H,35,38). The predicted octanol–water partition coefficient (Wildman–Crippen LogP) is 6.18. The smallest absolute Gasteiger partial charge is 0.269 e. The van der Waals surface area contributed by atoms with E-state index in [0.29, 0.717) is 28.3 Å². The number of hydrogen-bond donors (Lipinski definition) is 1. The number of carbonyl (C=O) groups is 2. The van der Waals surface area contributed by atoms with Crippen LogP contribution in [0.15, 0.2) is 108 Å². The van der Waals surface area contributed by atoms with Crippen molar-refractivity contribution in [3.05, 3.63) is 124 Å². The van der Waals surface area contributed by atoms with Gasteiger partial charge in [0.25, 0.3) is 15.7 Å². The summed E-state index contributed by atoms with van der Waals surface area (Å²) < 4.78 is 29.9. The zero-order chi connectivity index (χ0) is 31.9. The molecule has 0 aliphatic rings. The highest BCUT2D eigenvalue weighted by Crippen LogP contribution is 2.30. The molecule has 0 aliphatic carbocycles. The molecule has 4 rings (SSSR count). The van der Waals surface area contributed by atoms with E-state index in [0.717, 1.165) is 12.0 Å². The molecule has 0 aromatic heterocycles. The van der Waals surface area contributed by atoms with E-state index in [4.69, 9.17) is 0 Å². The van der Waals surface area contributed by atoms with E-state index in [-0.39, 0.29) is 23.5 Å². The fourth-order valence-corrected chi connectivity index (χ4v) is 6.29. The zero-order valence-corrected chi connectivity index (χ0v) is 25.7. The molecule has 4 aromatic carbocycles. The number of amides is 2. The molecule has 0 aliphatic heterocycles. The van der Waals surface area contributed by atoms with Crippen LogP contribution in [0.25, 0.3) is 11.1 Å². The summed E-state index contributed by atoms with van der Waals surface area (Å²) >= 11 is 0. The molecule has 44 heavy (non-hydrogen) atoms. The summed E-state index contributed by atoms with van der Waals surface area (Å²) in [5.74, 6) is -2.68. The van der Waals surface area contributed by atoms with Crippen LogP contribution < -0.4 is 9.62 Å². The van der Waals surface area contributed by atoms with Crippen LogP contribution in [0.1, 0.15) is 31.9 Å². The van der Waals surface area contributed by atoms with Gasteiger partial charge in [-0.3, -0.25) is 19.7 Å². The van der Waals surface area contributed by atoms with Crippen LogP contribution in [0.2, 0.25) is 0 Å². The van der Waals surface area contributed by atoms with Gasteiger partial charge in [0, 0.05) is 29.9 Å². The maximum absolute atomic E-state index is 13.9. The summed E-state index contributed by atoms with van der Waals surface area (Å²) in [4.78, 5) is 39.7. The van der Waals surface area contributed by atoms with Crippen LogP contribution in [0.3, 0.4) is 0 Å². The Morgan fingerprint density at radius 2 is 1.43 bits per heavy atom. The molecule has 2 amide bonds. The third-order valence-corrected chi connectivity index (χ3v) is 8.55. The number of sulfonamides is 1. The Labute approximate surface area is 257 Å². The van der Waals surface area contributed by atoms with Crippen molar-refractivity contribution in [1.82, 2.24) is 4.72 Å². The fraction of sp³-hybridized carbons (Fsp3) is 0.235. The molecule has 9 nitrogen and oxygen atoms in total. The second kappa shape index (κ2) is 14.1. The molecule has 0 saturated heterocycles. The summed E-state index contributed by atoms with van der Waals surface area (Å²) in [5.41, 5.74) is 2.95. The highest BCUT2D eigenvalue weighted by Gasteiger charge is 2.34. The van der Waals surface area contributed by atoms with E-state index in [1.54, 1.807) is 67.6 Å². The van der Waals surface area contributed by atoms with Gasteiger partial charge >= 0.3 is 0 Å². The number of para-hydroxylation sites is 1. The van der Waals surface area contributed by atoms with Gasteiger partial charge < -0.3 is 4.90 Å². The van der Waals surface area contributed by atoms with Crippen molar-refractivity contribution in [2.24, 2.45) is 11.8 Å². The van der Waals surface area contributed by atoms with Gasteiger partial charge in [0.1, 0.15) is 5.92 Å². The molecule has 1 N–H and O–H groups in total. The first-order valence-corrected chi connectivity index (χ1v) is 15.8. The van der Waals surface area contributed by atoms with Gasteiger partial charge in [-0.1, -0.05) is 80.6 Å². The SMILES string of the molecule is CCN(C(=O)C(Cc1ccc([N+](=O)[O-])cc1)C(=O)NS(=O)(=O)c1ccc(CC(C)C)cc1-c1ccccc1)c1ccccc1. The van der Waals surface area contributed by atoms with Crippen molar-refractivity contribution >= 4 is 33.2 Å². The number of non-ortho nitro benzene ring substituents is 1. The van der Waals surface area contributed by atoms with Crippen LogP contribution in [-0.2, 0) is 32.5 Å². The largest absolute Gasteiger partial charge is 0.312 e. The fourth-order valence-electron chi connectivity index (χ4n) is 5.05. The molecule has 10 heteroatoms. The van der Waals surface area contributed by atoms with Gasteiger partial charge in [-0.25, -0.2) is 13.1 Å². The van der Waals surface area contributed by atoms with Gasteiger partial charge in [-0.15, -0.1) is 0 Å². The van der Waals surface area contributed by atoms with E-state index >= 15 is 0 Å². The van der Waals surface area contributed by atoms with Crippen molar-refractivity contribution < 1.29 is 22.9 Å². The first-order chi connectivity index (χ1) is 21.0. The summed E-state index contributed by atoms with van der Waals surface area (Å²) in [6.45, 7) is 6.14. The van der Waals surface area contributed by atoms with Gasteiger partial charge in [0.2, 0.25) is 11.8 Å². The van der Waals surface area contributed by atoms with E-state index in [1.807, 2.05) is 12.1 Å². The third kappa shape index (κ3) is 7.76. The van der Waals surface area contributed by atoms with Crippen LogP contribution in [0, 0.1) is 22.0 Å². The Kier molecular flexibility index (Phi) is 10.3. The number of nitrogens with one attached hydrogen (secondary N) is 1. The highest BCUT2D eigenvalue weighted by atomic mass is 32.2. The number of nitro benzene ring substituents is 1. The molecule has 0 heterocycles. The Morgan fingerprint density at radius 3 is 2.00 bits per heavy atom. The van der Waals surface area contributed by atoms with Crippen molar-refractivity contribution in [3.8, 4) is 11.1 Å². The molecule has 0 fully saturated rings. The van der Waals surface area contributed by atoms with Crippen molar-refractivity contribution in [2.75, 3.05) is 11.4 Å². The molecule has 228 valence electrons. The summed E-state index contributed by atoms with van der Waals surface area (Å²) in [6.07, 6.45) is 0.574. The van der Waals surface area contributed by atoms with Gasteiger partial charge in [0.15, 0.2) is 0 Å². The monoisotopic (exact) mass is 613 g/mol. The van der Waals surface area contributed by atoms with E-state index in [2.05, 4.69) is 18.6 Å². The quantitative estimate of drug-likeness (QED) is 0.116. The number of rotatable bonds is 12. The Morgan fingerprint density at radius 1 is 0.841 bits per heavy atom. The summed E-state index contributed by atoms with van der Waals surface area (Å²) in [5, 5.41) is 11.1. The minimum atomic E-state index is -4.43. The molecular formula is C34H35N3O6S. The van der Waals surface area contributed by atoms with Crippen LogP contribution >= 0.6 is 0 Å². The number of carbonyl (C=O) groups excluding carboxylic acids is 2. The Balaban J connectivity index is 1.72. The molecule has 0 radical (unpaired) electrons. The highest BCUT2D eigenvalue weighted by molar-refractivity contribution is 7.90. The number of anilines is 1. The lowest BCUT2D eigenvalue weighted by molar-refractivity contribution is -0.384. The summed E-state index contributed by atoms with van der Waals surface area (Å²) in [7, 11) is -4.43. The van der Waals surface area contributed by atoms with Crippen molar-refractivity contribution in [3.63, 3.8) is 0 Å². The van der Waals surface area contributed by atoms with E-state index < -0.39 is 32.7 Å². The molecule has 4 aromatic rings. The topological polar surface area (TPSA) is 127 Å². The maximum atomic E-state index is 13.9. The van der Waals surface area contributed by atoms with Gasteiger partial charge in [0.05, 0.1) is 9.82 Å². The van der Waals surface area contributed by atoms with E-state index in [1.165, 1.54) is 35.2 Å². The number of nitro groups is 1. The molecule has 0 saturated carbocycles. The Hall–Kier alpha value is -4.83. The lowest BCUT2D eigenvalue weighted by atomic mass is 9.96. The molecule has 0 bridgehead atoms. The second-order valence-corrected chi connectivity index (χ2v) is 12.5. The molecule has 1 unspecified atom stereocenters. The second-order valence-electron chi connectivity index (χ2n) is 10.9. The van der Waals surface area contributed by atoms with Crippen molar-refractivity contribution in [2.45, 2.75) is 38.5 Å². The average Bonchev–Trinajstić information content (AvgIpc) is 3.00. The first-order valence-electron chi connectivity index (χ1n) is 14.3. The normalized spacial score (nSPS) is 12.0. The number of nitrogens with zero attached hydrogens (tertiary/aromatic N) is 2. The average molecular weight is 614 g/mol. The van der Waals surface area contributed by atoms with E-state index in [9.17, 15) is 28.1 Å². The predicted molar refractivity (Wildman–Crippen MR) is 171 cm³/mol. The first kappa shape index (κ1) is 32.1. The Bertz CT molecular complexity index is 1720. The molecule has 1 atom stereocenters. The lowest BCUT2D eigenvalue weighted by Gasteiger charge is -2.26. The third-order valence-electron chi connectivity index (χ3n) is 7.15. The van der Waals surface area contributed by atoms with Crippen LogP contribution in [0.4, 0.5) is 11.4 Å². The minimum Gasteiger partial charge on any atom is -0.312 e. The van der Waals surface area contributed by atoms with Crippen LogP contribution in [-0.4, -0.2) is 31.7 Å². The maximum Gasteiger partial charge on any atom is 0.269 e. The summed E-state index contributed by atoms with van der Waals surface area (Å²) in [6, 6.07) is 28.3. The zero-order valence-electron chi connectivity index (χ0n) is 24.8. The molecular weight excluding hydrogens is 578 g/mol. The van der Waals surface area contributed by atoms with Crippen LogP contribution in [0.5, 0.6) is 0 Å². The van der Waals surface area contributed by atoms with Gasteiger partial charge in [-0.2, -0.15) is 0 Å². The number of benzene rings is 4. The van der Waals surface area contributed by atoms with Crippen molar-refractivity contribution in [1.29, 1.82) is 0 Å². The lowest BCUT2D eigenvalue weighted by Crippen LogP contribution is -2.46. The van der Waals surface area contributed by atoms with Gasteiger partial charge in [-0.05, 0) is 66.6 Å². The minimum absolute atomic E-state index is 0.0819.